The largest absolute Gasteiger partial charge is 0.349 e. The van der Waals surface area contributed by atoms with E-state index in [1.807, 2.05) is 14.1 Å². The molecule has 0 saturated carbocycles. The van der Waals surface area contributed by atoms with Gasteiger partial charge in [-0.2, -0.15) is 5.10 Å². The fraction of sp³-hybridized carbons (Fsp3) is 0.474. The number of benzene rings is 1. The molecule has 26 heavy (non-hydrogen) atoms. The minimum atomic E-state index is -0.113. The van der Waals surface area contributed by atoms with Crippen LogP contribution in [0.25, 0.3) is 0 Å². The fourth-order valence-corrected chi connectivity index (χ4v) is 3.26. The number of likely N-dealkylation sites (N-methyl/N-ethyl adjacent to an activating group) is 1. The summed E-state index contributed by atoms with van der Waals surface area (Å²) in [4.78, 5) is 14.7. The van der Waals surface area contributed by atoms with E-state index in [0.29, 0.717) is 18.8 Å². The molecule has 1 amide bonds. The van der Waals surface area contributed by atoms with E-state index >= 15 is 0 Å². The van der Waals surface area contributed by atoms with Crippen molar-refractivity contribution in [2.45, 2.75) is 32.4 Å². The highest BCUT2D eigenvalue weighted by Crippen LogP contribution is 2.19. The first-order chi connectivity index (χ1) is 12.1. The maximum absolute atomic E-state index is 12.6. The average molecular weight is 378 g/mol. The number of rotatable bonds is 6. The van der Waals surface area contributed by atoms with E-state index in [0.717, 1.165) is 30.6 Å². The maximum atomic E-state index is 12.6. The second-order valence-corrected chi connectivity index (χ2v) is 6.74. The van der Waals surface area contributed by atoms with Crippen LogP contribution < -0.4 is 10.6 Å². The summed E-state index contributed by atoms with van der Waals surface area (Å²) in [6.07, 6.45) is 1.92. The van der Waals surface area contributed by atoms with Crippen LogP contribution in [0.4, 0.5) is 0 Å². The van der Waals surface area contributed by atoms with Gasteiger partial charge in [-0.05, 0) is 31.6 Å². The summed E-state index contributed by atoms with van der Waals surface area (Å²) in [6, 6.07) is 8.74. The van der Waals surface area contributed by atoms with Crippen molar-refractivity contribution < 1.29 is 4.79 Å². The first-order valence-corrected chi connectivity index (χ1v) is 8.90. The Balaban J connectivity index is 0.00000243. The molecule has 0 saturated heterocycles. The summed E-state index contributed by atoms with van der Waals surface area (Å²) in [5, 5.41) is 13.6. The quantitative estimate of drug-likeness (QED) is 0.720. The molecule has 1 aliphatic heterocycles. The van der Waals surface area contributed by atoms with Crippen molar-refractivity contribution in [1.29, 1.82) is 0 Å². The Hall–Kier alpha value is -1.89. The van der Waals surface area contributed by atoms with Gasteiger partial charge >= 0.3 is 0 Å². The van der Waals surface area contributed by atoms with E-state index in [4.69, 9.17) is 0 Å². The molecule has 1 aromatic heterocycles. The number of H-pyrrole nitrogens is 1. The van der Waals surface area contributed by atoms with Gasteiger partial charge in [-0.15, -0.1) is 12.4 Å². The summed E-state index contributed by atoms with van der Waals surface area (Å²) in [7, 11) is 4.07. The molecule has 142 valence electrons. The van der Waals surface area contributed by atoms with Gasteiger partial charge in [-0.3, -0.25) is 9.89 Å². The van der Waals surface area contributed by atoms with Gasteiger partial charge in [-0.25, -0.2) is 0 Å². The molecule has 1 unspecified atom stereocenters. The van der Waals surface area contributed by atoms with E-state index in [1.54, 1.807) is 0 Å². The number of halogens is 1. The third-order valence-corrected chi connectivity index (χ3v) is 4.87. The minimum absolute atomic E-state index is 0. The van der Waals surface area contributed by atoms with Crippen molar-refractivity contribution in [2.75, 3.05) is 27.2 Å². The number of hydrogen-bond donors (Lipinski definition) is 3. The molecule has 3 rings (SSSR count). The van der Waals surface area contributed by atoms with E-state index < -0.39 is 0 Å². The smallest absolute Gasteiger partial charge is 0.272 e. The Kier molecular flexibility index (Phi) is 7.20. The first-order valence-electron chi connectivity index (χ1n) is 8.90. The van der Waals surface area contributed by atoms with Crippen LogP contribution in [0.2, 0.25) is 0 Å². The number of nitrogens with one attached hydrogen (secondary N) is 3. The number of fused-ring (bicyclic) bond motifs is 1. The van der Waals surface area contributed by atoms with Crippen LogP contribution in [0, 0.1) is 0 Å². The predicted molar refractivity (Wildman–Crippen MR) is 106 cm³/mol. The Labute approximate surface area is 161 Å². The van der Waals surface area contributed by atoms with Crippen LogP contribution in [0.1, 0.15) is 45.8 Å². The Bertz CT molecular complexity index is 726. The molecule has 0 bridgehead atoms. The van der Waals surface area contributed by atoms with E-state index in [2.05, 4.69) is 56.9 Å². The van der Waals surface area contributed by atoms with Crippen molar-refractivity contribution in [3.8, 4) is 0 Å². The third-order valence-electron chi connectivity index (χ3n) is 4.87. The average Bonchev–Trinajstić information content (AvgIpc) is 3.06. The van der Waals surface area contributed by atoms with Gasteiger partial charge in [-0.1, -0.05) is 31.2 Å². The van der Waals surface area contributed by atoms with Gasteiger partial charge in [0.05, 0.1) is 6.04 Å². The van der Waals surface area contributed by atoms with E-state index in [9.17, 15) is 4.79 Å². The summed E-state index contributed by atoms with van der Waals surface area (Å²) in [6.45, 7) is 4.32. The molecule has 0 aliphatic carbocycles. The van der Waals surface area contributed by atoms with Gasteiger partial charge in [0.1, 0.15) is 0 Å². The lowest BCUT2D eigenvalue weighted by molar-refractivity contribution is 0.0935. The van der Waals surface area contributed by atoms with Crippen molar-refractivity contribution >= 4 is 18.3 Å². The normalized spacial score (nSPS) is 14.5. The molecule has 0 spiro atoms. The highest BCUT2D eigenvalue weighted by molar-refractivity contribution is 5.94. The Morgan fingerprint density at radius 3 is 2.69 bits per heavy atom. The zero-order chi connectivity index (χ0) is 17.8. The third kappa shape index (κ3) is 4.44. The molecular formula is C19H28ClN5O. The van der Waals surface area contributed by atoms with Crippen molar-refractivity contribution in [3.05, 3.63) is 52.3 Å². The zero-order valence-electron chi connectivity index (χ0n) is 15.6. The van der Waals surface area contributed by atoms with Gasteiger partial charge in [0.25, 0.3) is 5.91 Å². The van der Waals surface area contributed by atoms with Crippen molar-refractivity contribution in [1.82, 2.24) is 25.7 Å². The molecule has 0 radical (unpaired) electrons. The Morgan fingerprint density at radius 2 is 2.04 bits per heavy atom. The molecule has 1 aliphatic rings. The molecule has 0 fully saturated rings. The van der Waals surface area contributed by atoms with Gasteiger partial charge in [0.15, 0.2) is 5.69 Å². The lowest BCUT2D eigenvalue weighted by atomic mass is 10.0. The lowest BCUT2D eigenvalue weighted by Gasteiger charge is -2.25. The maximum Gasteiger partial charge on any atom is 0.272 e. The summed E-state index contributed by atoms with van der Waals surface area (Å²) < 4.78 is 0. The van der Waals surface area contributed by atoms with Crippen molar-refractivity contribution in [3.63, 3.8) is 0 Å². The summed E-state index contributed by atoms with van der Waals surface area (Å²) in [5.74, 6) is -0.113. The number of aromatic nitrogens is 2. The number of nitrogens with zero attached hydrogens (tertiary/aromatic N) is 2. The van der Waals surface area contributed by atoms with Crippen LogP contribution >= 0.6 is 12.4 Å². The fourth-order valence-electron chi connectivity index (χ4n) is 3.26. The molecule has 1 aromatic carbocycles. The predicted octanol–water partition coefficient (Wildman–Crippen LogP) is 2.07. The summed E-state index contributed by atoms with van der Waals surface area (Å²) >= 11 is 0. The van der Waals surface area contributed by atoms with Crippen LogP contribution in [0.3, 0.4) is 0 Å². The molecule has 2 heterocycles. The summed E-state index contributed by atoms with van der Waals surface area (Å²) in [5.41, 5.74) is 5.11. The molecule has 2 aromatic rings. The van der Waals surface area contributed by atoms with Crippen LogP contribution in [-0.4, -0.2) is 48.2 Å². The second kappa shape index (κ2) is 9.16. The Morgan fingerprint density at radius 1 is 1.31 bits per heavy atom. The highest BCUT2D eigenvalue weighted by atomic mass is 35.5. The monoisotopic (exact) mass is 377 g/mol. The number of carbonyl (C=O) groups is 1. The molecule has 7 heteroatoms. The molecule has 6 nitrogen and oxygen atoms in total. The van der Waals surface area contributed by atoms with Gasteiger partial charge in [0.2, 0.25) is 0 Å². The topological polar surface area (TPSA) is 73.0 Å². The lowest BCUT2D eigenvalue weighted by Crippen LogP contribution is -2.35. The number of aromatic amines is 1. The van der Waals surface area contributed by atoms with Crippen molar-refractivity contribution in [2.24, 2.45) is 0 Å². The first kappa shape index (κ1) is 20.4. The second-order valence-electron chi connectivity index (χ2n) is 6.74. The zero-order valence-corrected chi connectivity index (χ0v) is 16.4. The molecule has 3 N–H and O–H groups in total. The minimum Gasteiger partial charge on any atom is -0.349 e. The number of carbonyl (C=O) groups excluding carboxylic acids is 1. The van der Waals surface area contributed by atoms with Gasteiger partial charge in [0, 0.05) is 37.3 Å². The standard InChI is InChI=1S/C19H27N5O.ClH/c1-4-13-5-7-14(8-6-13)17(24(2)3)12-21-19(25)18-15-11-20-10-9-16(15)22-23-18;/h5-8,17,20H,4,9-12H2,1-3H3,(H,21,25)(H,22,23);1H. The number of amides is 1. The van der Waals surface area contributed by atoms with E-state index in [1.165, 1.54) is 11.1 Å². The van der Waals surface area contributed by atoms with Gasteiger partial charge < -0.3 is 15.5 Å². The molecule has 1 atom stereocenters. The highest BCUT2D eigenvalue weighted by Gasteiger charge is 2.23. The molecular weight excluding hydrogens is 350 g/mol. The van der Waals surface area contributed by atoms with Crippen LogP contribution in [0.5, 0.6) is 0 Å². The number of aryl methyl sites for hydroxylation is 1. The van der Waals surface area contributed by atoms with Crippen LogP contribution in [-0.2, 0) is 19.4 Å². The number of hydrogen-bond acceptors (Lipinski definition) is 4. The van der Waals surface area contributed by atoms with E-state index in [-0.39, 0.29) is 24.4 Å². The SMILES string of the molecule is CCc1ccc(C(CNC(=O)c2n[nH]c3c2CNCC3)N(C)C)cc1.Cl. The van der Waals surface area contributed by atoms with Crippen LogP contribution in [0.15, 0.2) is 24.3 Å².